The van der Waals surface area contributed by atoms with Gasteiger partial charge in [-0.2, -0.15) is 0 Å². The molecule has 1 heterocycles. The van der Waals surface area contributed by atoms with Crippen molar-refractivity contribution in [3.8, 4) is 16.9 Å². The fourth-order valence-electron chi connectivity index (χ4n) is 1.48. The number of aliphatic hydroxyl groups excluding tert-OH is 1. The molecule has 0 saturated carbocycles. The number of rotatable bonds is 2. The summed E-state index contributed by atoms with van der Waals surface area (Å²) in [6, 6.07) is 6.72. The Hall–Kier alpha value is -1.29. The van der Waals surface area contributed by atoms with Gasteiger partial charge in [-0.1, -0.05) is 35.3 Å². The van der Waals surface area contributed by atoms with E-state index in [0.717, 1.165) is 0 Å². The fourth-order valence-corrected chi connectivity index (χ4v) is 1.89. The number of aromatic nitrogens is 1. The highest BCUT2D eigenvalue weighted by atomic mass is 35.5. The molecule has 0 aliphatic heterocycles. The van der Waals surface area contributed by atoms with Gasteiger partial charge in [-0.3, -0.25) is 4.98 Å². The minimum Gasteiger partial charge on any atom is -0.506 e. The van der Waals surface area contributed by atoms with Crippen LogP contribution in [0, 0.1) is 0 Å². The van der Waals surface area contributed by atoms with Gasteiger partial charge in [-0.05, 0) is 12.1 Å². The summed E-state index contributed by atoms with van der Waals surface area (Å²) in [4.78, 5) is 3.94. The first kappa shape index (κ1) is 12.2. The summed E-state index contributed by atoms with van der Waals surface area (Å²) >= 11 is 12.0. The summed E-state index contributed by atoms with van der Waals surface area (Å²) in [6.45, 7) is -0.310. The first-order chi connectivity index (χ1) is 8.13. The molecule has 5 heteroatoms. The van der Waals surface area contributed by atoms with Crippen molar-refractivity contribution < 1.29 is 10.2 Å². The van der Waals surface area contributed by atoms with Gasteiger partial charge >= 0.3 is 0 Å². The van der Waals surface area contributed by atoms with Crippen molar-refractivity contribution in [3.63, 3.8) is 0 Å². The first-order valence-corrected chi connectivity index (χ1v) is 5.62. The maximum atomic E-state index is 9.61. The number of halogens is 2. The number of hydrogen-bond donors (Lipinski definition) is 2. The zero-order chi connectivity index (χ0) is 12.4. The molecule has 0 saturated heterocycles. The smallest absolute Gasteiger partial charge is 0.140 e. The molecule has 17 heavy (non-hydrogen) atoms. The number of nitrogens with zero attached hydrogens (tertiary/aromatic N) is 1. The maximum Gasteiger partial charge on any atom is 0.140 e. The normalized spacial score (nSPS) is 10.5. The van der Waals surface area contributed by atoms with Gasteiger partial charge in [0.25, 0.3) is 0 Å². The lowest BCUT2D eigenvalue weighted by molar-refractivity contribution is 0.270. The third-order valence-corrected chi connectivity index (χ3v) is 3.18. The number of hydrogen-bond acceptors (Lipinski definition) is 3. The molecule has 0 atom stereocenters. The Morgan fingerprint density at radius 3 is 2.65 bits per heavy atom. The molecule has 0 radical (unpaired) electrons. The third kappa shape index (κ3) is 2.36. The van der Waals surface area contributed by atoms with Gasteiger partial charge in [0.1, 0.15) is 11.4 Å². The molecular weight excluding hydrogens is 261 g/mol. The molecule has 1 aromatic carbocycles. The van der Waals surface area contributed by atoms with E-state index in [-0.39, 0.29) is 18.1 Å². The topological polar surface area (TPSA) is 53.4 Å². The van der Waals surface area contributed by atoms with Crippen LogP contribution in [0.25, 0.3) is 11.1 Å². The maximum absolute atomic E-state index is 9.61. The summed E-state index contributed by atoms with van der Waals surface area (Å²) in [5.41, 5.74) is 1.56. The summed E-state index contributed by atoms with van der Waals surface area (Å²) in [5, 5.41) is 19.4. The van der Waals surface area contributed by atoms with E-state index in [4.69, 9.17) is 28.3 Å². The van der Waals surface area contributed by atoms with Crippen LogP contribution >= 0.6 is 23.2 Å². The average Bonchev–Trinajstić information content (AvgIpc) is 2.32. The van der Waals surface area contributed by atoms with Gasteiger partial charge in [0, 0.05) is 17.3 Å². The lowest BCUT2D eigenvalue weighted by atomic mass is 10.1. The van der Waals surface area contributed by atoms with E-state index in [1.807, 2.05) is 0 Å². The Labute approximate surface area is 108 Å². The van der Waals surface area contributed by atoms with Crippen molar-refractivity contribution in [2.75, 3.05) is 0 Å². The molecule has 0 fully saturated rings. The number of pyridine rings is 1. The van der Waals surface area contributed by atoms with Crippen molar-refractivity contribution in [1.29, 1.82) is 0 Å². The second kappa shape index (κ2) is 4.92. The lowest BCUT2D eigenvalue weighted by Gasteiger charge is -2.07. The van der Waals surface area contributed by atoms with Gasteiger partial charge in [0.15, 0.2) is 0 Å². The fraction of sp³-hybridized carbons (Fsp3) is 0.0833. The highest BCUT2D eigenvalue weighted by molar-refractivity contribution is 6.43. The van der Waals surface area contributed by atoms with Gasteiger partial charge in [-0.15, -0.1) is 0 Å². The zero-order valence-corrected chi connectivity index (χ0v) is 10.2. The SMILES string of the molecule is OCc1ncc(-c2cccc(Cl)c2Cl)cc1O. The average molecular weight is 270 g/mol. The minimum atomic E-state index is -0.310. The monoisotopic (exact) mass is 269 g/mol. The summed E-state index contributed by atoms with van der Waals surface area (Å²) in [7, 11) is 0. The van der Waals surface area contributed by atoms with Crippen LogP contribution in [-0.4, -0.2) is 15.2 Å². The Bertz CT molecular complexity index is 558. The largest absolute Gasteiger partial charge is 0.506 e. The zero-order valence-electron chi connectivity index (χ0n) is 8.69. The highest BCUT2D eigenvalue weighted by Crippen LogP contribution is 2.34. The Kier molecular flexibility index (Phi) is 3.52. The molecule has 2 N–H and O–H groups in total. The van der Waals surface area contributed by atoms with Crippen LogP contribution in [0.15, 0.2) is 30.5 Å². The van der Waals surface area contributed by atoms with E-state index < -0.39 is 0 Å². The van der Waals surface area contributed by atoms with Gasteiger partial charge in [0.05, 0.1) is 16.7 Å². The van der Waals surface area contributed by atoms with E-state index in [2.05, 4.69) is 4.98 Å². The third-order valence-electron chi connectivity index (χ3n) is 2.36. The van der Waals surface area contributed by atoms with Crippen LogP contribution in [-0.2, 0) is 6.61 Å². The van der Waals surface area contributed by atoms with Gasteiger partial charge in [-0.25, -0.2) is 0 Å². The molecule has 0 unspecified atom stereocenters. The quantitative estimate of drug-likeness (QED) is 0.880. The van der Waals surface area contributed by atoms with Crippen LogP contribution in [0.5, 0.6) is 5.75 Å². The summed E-state index contributed by atoms with van der Waals surface area (Å²) in [6.07, 6.45) is 1.53. The van der Waals surface area contributed by atoms with E-state index in [0.29, 0.717) is 21.2 Å². The number of aromatic hydroxyl groups is 1. The van der Waals surface area contributed by atoms with Crippen LogP contribution in [0.1, 0.15) is 5.69 Å². The predicted octanol–water partition coefficient (Wildman–Crippen LogP) is 3.25. The molecule has 0 aliphatic carbocycles. The summed E-state index contributed by atoms with van der Waals surface area (Å²) < 4.78 is 0. The Morgan fingerprint density at radius 1 is 1.24 bits per heavy atom. The molecule has 1 aromatic heterocycles. The van der Waals surface area contributed by atoms with Crippen molar-refractivity contribution in [3.05, 3.63) is 46.2 Å². The van der Waals surface area contributed by atoms with Crippen molar-refractivity contribution in [1.82, 2.24) is 4.98 Å². The van der Waals surface area contributed by atoms with Gasteiger partial charge < -0.3 is 10.2 Å². The molecule has 2 aromatic rings. The molecule has 2 rings (SSSR count). The molecule has 0 spiro atoms. The second-order valence-electron chi connectivity index (χ2n) is 3.45. The minimum absolute atomic E-state index is 0.0685. The lowest BCUT2D eigenvalue weighted by Crippen LogP contribution is -1.91. The van der Waals surface area contributed by atoms with Crippen LogP contribution < -0.4 is 0 Å². The van der Waals surface area contributed by atoms with Crippen LogP contribution in [0.3, 0.4) is 0 Å². The van der Waals surface area contributed by atoms with E-state index in [9.17, 15) is 5.11 Å². The molecule has 0 aliphatic rings. The van der Waals surface area contributed by atoms with Crippen molar-refractivity contribution in [2.24, 2.45) is 0 Å². The predicted molar refractivity (Wildman–Crippen MR) is 67.3 cm³/mol. The van der Waals surface area contributed by atoms with E-state index in [1.165, 1.54) is 12.3 Å². The van der Waals surface area contributed by atoms with E-state index >= 15 is 0 Å². The molecule has 3 nitrogen and oxygen atoms in total. The molecule has 0 bridgehead atoms. The summed E-state index contributed by atoms with van der Waals surface area (Å²) in [5.74, 6) is -0.0685. The standard InChI is InChI=1S/C12H9Cl2NO2/c13-9-3-1-2-8(12(9)14)7-4-11(17)10(6-16)15-5-7/h1-5,16-17H,6H2. The van der Waals surface area contributed by atoms with Crippen LogP contribution in [0.4, 0.5) is 0 Å². The highest BCUT2D eigenvalue weighted by Gasteiger charge is 2.09. The molecule has 0 amide bonds. The molecular formula is C12H9Cl2NO2. The van der Waals surface area contributed by atoms with Gasteiger partial charge in [0.2, 0.25) is 0 Å². The second-order valence-corrected chi connectivity index (χ2v) is 4.23. The van der Waals surface area contributed by atoms with Crippen LogP contribution in [0.2, 0.25) is 10.0 Å². The van der Waals surface area contributed by atoms with Crippen molar-refractivity contribution in [2.45, 2.75) is 6.61 Å². The van der Waals surface area contributed by atoms with E-state index in [1.54, 1.807) is 18.2 Å². The Morgan fingerprint density at radius 2 is 2.00 bits per heavy atom. The Balaban J connectivity index is 2.54. The number of aliphatic hydroxyl groups is 1. The van der Waals surface area contributed by atoms with Crippen molar-refractivity contribution >= 4 is 23.2 Å². The molecule has 88 valence electrons. The first-order valence-electron chi connectivity index (χ1n) is 4.86. The number of benzene rings is 1.